The second kappa shape index (κ2) is 9.03. The molecule has 0 radical (unpaired) electrons. The number of esters is 1. The molecule has 0 saturated heterocycles. The van der Waals surface area contributed by atoms with Crippen molar-refractivity contribution >= 4 is 35.2 Å². The number of carbonyl (C=O) groups excluding carboxylic acids is 3. The number of urea groups is 1. The van der Waals surface area contributed by atoms with Gasteiger partial charge in [-0.15, -0.1) is 0 Å². The SMILES string of the molecule is CC(=O)Oc1cc(NC(=O)NC(=O)c2ccccc2Cl)ccc1-c1ccccc1. The van der Waals surface area contributed by atoms with Crippen LogP contribution in [-0.2, 0) is 4.79 Å². The zero-order valence-electron chi connectivity index (χ0n) is 15.4. The minimum absolute atomic E-state index is 0.185. The smallest absolute Gasteiger partial charge is 0.326 e. The van der Waals surface area contributed by atoms with E-state index in [0.29, 0.717) is 17.0 Å². The molecule has 0 aliphatic carbocycles. The van der Waals surface area contributed by atoms with Crippen molar-refractivity contribution < 1.29 is 19.1 Å². The third-order valence-electron chi connectivity index (χ3n) is 3.92. The maximum atomic E-state index is 12.2. The van der Waals surface area contributed by atoms with Crippen LogP contribution in [0.1, 0.15) is 17.3 Å². The molecule has 7 heteroatoms. The van der Waals surface area contributed by atoms with E-state index in [4.69, 9.17) is 16.3 Å². The predicted octanol–water partition coefficient (Wildman–Crippen LogP) is 4.89. The van der Waals surface area contributed by atoms with Crippen LogP contribution in [0.4, 0.5) is 10.5 Å². The molecule has 0 aromatic heterocycles. The molecule has 0 heterocycles. The molecule has 3 aromatic rings. The Bertz CT molecular complexity index is 1070. The van der Waals surface area contributed by atoms with Gasteiger partial charge in [-0.1, -0.05) is 54.1 Å². The van der Waals surface area contributed by atoms with E-state index >= 15 is 0 Å². The number of rotatable bonds is 4. The lowest BCUT2D eigenvalue weighted by Crippen LogP contribution is -2.34. The quantitative estimate of drug-likeness (QED) is 0.475. The van der Waals surface area contributed by atoms with Gasteiger partial charge in [0.05, 0.1) is 10.6 Å². The molecule has 0 unspecified atom stereocenters. The summed E-state index contributed by atoms with van der Waals surface area (Å²) in [5, 5.41) is 5.00. The molecule has 0 atom stereocenters. The Hall–Kier alpha value is -3.64. The largest absolute Gasteiger partial charge is 0.426 e. The van der Waals surface area contributed by atoms with Crippen molar-refractivity contribution in [3.63, 3.8) is 0 Å². The summed E-state index contributed by atoms with van der Waals surface area (Å²) in [7, 11) is 0. The molecule has 0 bridgehead atoms. The van der Waals surface area contributed by atoms with Gasteiger partial charge in [-0.3, -0.25) is 14.9 Å². The summed E-state index contributed by atoms with van der Waals surface area (Å²) in [5.41, 5.74) is 2.09. The van der Waals surface area contributed by atoms with Crippen LogP contribution in [0.2, 0.25) is 5.02 Å². The lowest BCUT2D eigenvalue weighted by Gasteiger charge is -2.13. The number of hydrogen-bond donors (Lipinski definition) is 2. The number of nitrogens with one attached hydrogen (secondary N) is 2. The number of imide groups is 1. The maximum Gasteiger partial charge on any atom is 0.326 e. The van der Waals surface area contributed by atoms with Crippen LogP contribution in [0.15, 0.2) is 72.8 Å². The fourth-order valence-electron chi connectivity index (χ4n) is 2.67. The topological polar surface area (TPSA) is 84.5 Å². The molecule has 3 amide bonds. The minimum Gasteiger partial charge on any atom is -0.426 e. The Balaban J connectivity index is 1.78. The number of carbonyl (C=O) groups is 3. The van der Waals surface area contributed by atoms with E-state index in [1.807, 2.05) is 30.3 Å². The predicted molar refractivity (Wildman–Crippen MR) is 111 cm³/mol. The molecular weight excluding hydrogens is 392 g/mol. The first-order valence-electron chi connectivity index (χ1n) is 8.69. The van der Waals surface area contributed by atoms with Gasteiger partial charge in [-0.05, 0) is 29.8 Å². The van der Waals surface area contributed by atoms with Crippen LogP contribution < -0.4 is 15.4 Å². The first-order chi connectivity index (χ1) is 13.9. The van der Waals surface area contributed by atoms with Crippen molar-refractivity contribution in [2.75, 3.05) is 5.32 Å². The first-order valence-corrected chi connectivity index (χ1v) is 9.06. The number of amides is 3. The lowest BCUT2D eigenvalue weighted by atomic mass is 10.0. The Morgan fingerprint density at radius 3 is 2.28 bits per heavy atom. The standard InChI is InChI=1S/C22H17ClN2O4/c1-14(26)29-20-13-16(11-12-17(20)15-7-3-2-4-8-15)24-22(28)25-21(27)18-9-5-6-10-19(18)23/h2-13H,1H3,(H2,24,25,27,28). The zero-order chi connectivity index (χ0) is 20.8. The molecule has 29 heavy (non-hydrogen) atoms. The Morgan fingerprint density at radius 1 is 0.897 bits per heavy atom. The molecule has 0 aliphatic heterocycles. The first kappa shape index (κ1) is 20.1. The third kappa shape index (κ3) is 5.21. The fraction of sp³-hybridized carbons (Fsp3) is 0.0455. The van der Waals surface area contributed by atoms with E-state index < -0.39 is 17.9 Å². The highest BCUT2D eigenvalue weighted by Gasteiger charge is 2.15. The second-order valence-corrected chi connectivity index (χ2v) is 6.47. The number of halogens is 1. The average Bonchev–Trinajstić information content (AvgIpc) is 2.68. The summed E-state index contributed by atoms with van der Waals surface area (Å²) in [6.45, 7) is 1.30. The molecule has 0 aliphatic rings. The summed E-state index contributed by atoms with van der Waals surface area (Å²) in [6, 6.07) is 19.9. The van der Waals surface area contributed by atoms with Crippen molar-refractivity contribution in [3.05, 3.63) is 83.4 Å². The van der Waals surface area contributed by atoms with E-state index in [-0.39, 0.29) is 10.6 Å². The summed E-state index contributed by atoms with van der Waals surface area (Å²) in [4.78, 5) is 35.9. The van der Waals surface area contributed by atoms with Crippen LogP contribution in [0, 0.1) is 0 Å². The Kier molecular flexibility index (Phi) is 6.26. The van der Waals surface area contributed by atoms with E-state index in [1.54, 1.807) is 30.3 Å². The van der Waals surface area contributed by atoms with E-state index in [9.17, 15) is 14.4 Å². The number of benzene rings is 3. The number of ether oxygens (including phenoxy) is 1. The maximum absolute atomic E-state index is 12.2. The monoisotopic (exact) mass is 408 g/mol. The van der Waals surface area contributed by atoms with Crippen LogP contribution >= 0.6 is 11.6 Å². The molecule has 0 spiro atoms. The van der Waals surface area contributed by atoms with Crippen molar-refractivity contribution in [1.29, 1.82) is 0 Å². The van der Waals surface area contributed by atoms with Gasteiger partial charge < -0.3 is 10.1 Å². The highest BCUT2D eigenvalue weighted by atomic mass is 35.5. The van der Waals surface area contributed by atoms with Gasteiger partial charge in [0, 0.05) is 24.2 Å². The van der Waals surface area contributed by atoms with Crippen LogP contribution in [0.5, 0.6) is 5.75 Å². The van der Waals surface area contributed by atoms with Crippen molar-refractivity contribution in [1.82, 2.24) is 5.32 Å². The molecule has 146 valence electrons. The minimum atomic E-state index is -0.740. The van der Waals surface area contributed by atoms with E-state index in [2.05, 4.69) is 10.6 Å². The molecule has 0 fully saturated rings. The van der Waals surface area contributed by atoms with Gasteiger partial charge >= 0.3 is 12.0 Å². The number of anilines is 1. The number of hydrogen-bond acceptors (Lipinski definition) is 4. The molecule has 3 aromatic carbocycles. The third-order valence-corrected chi connectivity index (χ3v) is 4.25. The van der Waals surface area contributed by atoms with Crippen molar-refractivity contribution in [2.45, 2.75) is 6.92 Å². The lowest BCUT2D eigenvalue weighted by molar-refractivity contribution is -0.131. The summed E-state index contributed by atoms with van der Waals surface area (Å²) in [5.74, 6) is -0.828. The van der Waals surface area contributed by atoms with Crippen LogP contribution in [-0.4, -0.2) is 17.9 Å². The van der Waals surface area contributed by atoms with E-state index in [1.165, 1.54) is 19.1 Å². The summed E-state index contributed by atoms with van der Waals surface area (Å²) >= 11 is 5.97. The van der Waals surface area contributed by atoms with Gasteiger partial charge in [0.1, 0.15) is 5.75 Å². The normalized spacial score (nSPS) is 10.1. The van der Waals surface area contributed by atoms with Gasteiger partial charge in [-0.25, -0.2) is 4.79 Å². The van der Waals surface area contributed by atoms with E-state index in [0.717, 1.165) is 5.56 Å². The highest BCUT2D eigenvalue weighted by molar-refractivity contribution is 6.34. The second-order valence-electron chi connectivity index (χ2n) is 6.06. The molecule has 0 saturated carbocycles. The van der Waals surface area contributed by atoms with Gasteiger partial charge in [0.2, 0.25) is 0 Å². The zero-order valence-corrected chi connectivity index (χ0v) is 16.2. The summed E-state index contributed by atoms with van der Waals surface area (Å²) < 4.78 is 5.29. The molecule has 3 rings (SSSR count). The molecular formula is C22H17ClN2O4. The van der Waals surface area contributed by atoms with Crippen LogP contribution in [0.3, 0.4) is 0 Å². The van der Waals surface area contributed by atoms with Crippen molar-refractivity contribution in [2.24, 2.45) is 0 Å². The van der Waals surface area contributed by atoms with Crippen molar-refractivity contribution in [3.8, 4) is 16.9 Å². The average molecular weight is 409 g/mol. The Labute approximate surface area is 172 Å². The van der Waals surface area contributed by atoms with Gasteiger partial charge in [0.25, 0.3) is 5.91 Å². The van der Waals surface area contributed by atoms with Crippen LogP contribution in [0.25, 0.3) is 11.1 Å². The highest BCUT2D eigenvalue weighted by Crippen LogP contribution is 2.32. The Morgan fingerprint density at radius 2 is 1.59 bits per heavy atom. The fourth-order valence-corrected chi connectivity index (χ4v) is 2.90. The molecule has 2 N–H and O–H groups in total. The van der Waals surface area contributed by atoms with Gasteiger partial charge in [-0.2, -0.15) is 0 Å². The van der Waals surface area contributed by atoms with Gasteiger partial charge in [0.15, 0.2) is 0 Å². The summed E-state index contributed by atoms with van der Waals surface area (Å²) in [6.07, 6.45) is 0. The molecule has 6 nitrogen and oxygen atoms in total.